The Morgan fingerprint density at radius 2 is 2.07 bits per heavy atom. The highest BCUT2D eigenvalue weighted by Gasteiger charge is 2.06. The summed E-state index contributed by atoms with van der Waals surface area (Å²) in [4.78, 5) is 15.9. The first-order valence-electron chi connectivity index (χ1n) is 8.61. The van der Waals surface area contributed by atoms with Crippen LogP contribution in [0.1, 0.15) is 25.2 Å². The molecule has 3 N–H and O–H groups in total. The second-order valence-corrected chi connectivity index (χ2v) is 5.67. The quantitative estimate of drug-likeness (QED) is 0.303. The molecule has 0 aliphatic rings. The van der Waals surface area contributed by atoms with E-state index in [9.17, 15) is 4.79 Å². The van der Waals surface area contributed by atoms with E-state index in [0.717, 1.165) is 36.8 Å². The Balaban J connectivity index is 0.00000364. The highest BCUT2D eigenvalue weighted by Crippen LogP contribution is 2.25. The summed E-state index contributed by atoms with van der Waals surface area (Å²) in [6.07, 6.45) is 2.46. The van der Waals surface area contributed by atoms with Gasteiger partial charge >= 0.3 is 0 Å². The largest absolute Gasteiger partial charge is 0.495 e. The third-order valence-corrected chi connectivity index (χ3v) is 3.58. The van der Waals surface area contributed by atoms with Crippen LogP contribution in [0.4, 0.5) is 5.69 Å². The van der Waals surface area contributed by atoms with Gasteiger partial charge in [0.1, 0.15) is 11.5 Å². The molecular weight excluding hydrogens is 459 g/mol. The summed E-state index contributed by atoms with van der Waals surface area (Å²) in [6, 6.07) is 9.46. The summed E-state index contributed by atoms with van der Waals surface area (Å²) in [5.74, 6) is 2.15. The van der Waals surface area contributed by atoms with Gasteiger partial charge in [0.15, 0.2) is 5.96 Å². The van der Waals surface area contributed by atoms with Crippen molar-refractivity contribution in [3.05, 3.63) is 47.9 Å². The van der Waals surface area contributed by atoms with E-state index in [1.165, 1.54) is 6.92 Å². The van der Waals surface area contributed by atoms with E-state index in [0.29, 0.717) is 18.0 Å². The van der Waals surface area contributed by atoms with E-state index in [2.05, 4.69) is 20.9 Å². The Labute approximate surface area is 177 Å². The summed E-state index contributed by atoms with van der Waals surface area (Å²) in [5.41, 5.74) is 1.61. The Bertz CT molecular complexity index is 733. The molecule has 0 unspecified atom stereocenters. The van der Waals surface area contributed by atoms with Gasteiger partial charge in [-0.2, -0.15) is 0 Å². The van der Waals surface area contributed by atoms with Crippen molar-refractivity contribution in [3.8, 4) is 5.75 Å². The minimum Gasteiger partial charge on any atom is -0.495 e. The maximum atomic E-state index is 11.3. The molecule has 7 nitrogen and oxygen atoms in total. The molecule has 1 aromatic carbocycles. The number of halogens is 1. The van der Waals surface area contributed by atoms with Gasteiger partial charge in [0, 0.05) is 26.4 Å². The molecule has 0 saturated carbocycles. The molecule has 0 fully saturated rings. The average Bonchev–Trinajstić information content (AvgIpc) is 3.13. The normalized spacial score (nSPS) is 10.7. The summed E-state index contributed by atoms with van der Waals surface area (Å²) in [5, 5.41) is 9.27. The second kappa shape index (κ2) is 12.2. The van der Waals surface area contributed by atoms with E-state index in [1.807, 2.05) is 37.3 Å². The van der Waals surface area contributed by atoms with Gasteiger partial charge < -0.3 is 25.1 Å². The molecule has 0 spiro atoms. The third kappa shape index (κ3) is 7.90. The third-order valence-electron chi connectivity index (χ3n) is 3.58. The van der Waals surface area contributed by atoms with Crippen LogP contribution in [0.5, 0.6) is 5.75 Å². The Kier molecular flexibility index (Phi) is 10.3. The van der Waals surface area contributed by atoms with Crippen molar-refractivity contribution in [1.82, 2.24) is 10.6 Å². The molecule has 0 saturated heterocycles. The van der Waals surface area contributed by atoms with E-state index >= 15 is 0 Å². The minimum absolute atomic E-state index is 0. The van der Waals surface area contributed by atoms with Crippen molar-refractivity contribution in [1.29, 1.82) is 0 Å². The van der Waals surface area contributed by atoms with E-state index in [-0.39, 0.29) is 29.9 Å². The van der Waals surface area contributed by atoms with Crippen LogP contribution < -0.4 is 20.7 Å². The average molecular weight is 486 g/mol. The number of furan rings is 1. The highest BCUT2D eigenvalue weighted by molar-refractivity contribution is 14.0. The summed E-state index contributed by atoms with van der Waals surface area (Å²) >= 11 is 0. The number of hydrogen-bond donors (Lipinski definition) is 3. The summed E-state index contributed by atoms with van der Waals surface area (Å²) in [7, 11) is 1.57. The van der Waals surface area contributed by atoms with Crippen LogP contribution in [-0.2, 0) is 17.8 Å². The minimum atomic E-state index is -0.142. The molecule has 2 rings (SSSR count). The van der Waals surface area contributed by atoms with Gasteiger partial charge in [-0.3, -0.25) is 4.79 Å². The fraction of sp³-hybridized carbons (Fsp3) is 0.368. The number of benzene rings is 1. The number of guanidine groups is 1. The first-order chi connectivity index (χ1) is 12.6. The highest BCUT2D eigenvalue weighted by atomic mass is 127. The van der Waals surface area contributed by atoms with Gasteiger partial charge in [0.2, 0.25) is 5.91 Å². The van der Waals surface area contributed by atoms with Crippen LogP contribution in [-0.4, -0.2) is 32.1 Å². The van der Waals surface area contributed by atoms with Gasteiger partial charge in [0.05, 0.1) is 25.6 Å². The van der Waals surface area contributed by atoms with Crippen LogP contribution in [0, 0.1) is 0 Å². The molecule has 27 heavy (non-hydrogen) atoms. The SMILES string of the molecule is CCNC(=NCc1ccc(OC)c(NC(C)=O)c1)NCCc1ccco1.I. The zero-order valence-corrected chi connectivity index (χ0v) is 18.2. The molecule has 8 heteroatoms. The summed E-state index contributed by atoms with van der Waals surface area (Å²) < 4.78 is 10.6. The predicted molar refractivity (Wildman–Crippen MR) is 118 cm³/mol. The molecule has 0 bridgehead atoms. The Hall–Kier alpha value is -2.23. The lowest BCUT2D eigenvalue weighted by atomic mass is 10.2. The van der Waals surface area contributed by atoms with E-state index in [4.69, 9.17) is 9.15 Å². The van der Waals surface area contributed by atoms with Crippen molar-refractivity contribution in [2.24, 2.45) is 4.99 Å². The lowest BCUT2D eigenvalue weighted by molar-refractivity contribution is -0.114. The van der Waals surface area contributed by atoms with Crippen molar-refractivity contribution < 1.29 is 13.9 Å². The van der Waals surface area contributed by atoms with Crippen molar-refractivity contribution in [3.63, 3.8) is 0 Å². The van der Waals surface area contributed by atoms with Crippen LogP contribution in [0.3, 0.4) is 0 Å². The van der Waals surface area contributed by atoms with Crippen LogP contribution in [0.15, 0.2) is 46.0 Å². The number of methoxy groups -OCH3 is 1. The number of amides is 1. The zero-order valence-electron chi connectivity index (χ0n) is 15.9. The van der Waals surface area contributed by atoms with Gasteiger partial charge in [-0.25, -0.2) is 4.99 Å². The number of ether oxygens (including phenoxy) is 1. The molecule has 0 atom stereocenters. The predicted octanol–water partition coefficient (Wildman–Crippen LogP) is 3.16. The number of nitrogens with zero attached hydrogens (tertiary/aromatic N) is 1. The molecule has 1 heterocycles. The van der Waals surface area contributed by atoms with Crippen molar-refractivity contribution in [2.75, 3.05) is 25.5 Å². The van der Waals surface area contributed by atoms with E-state index in [1.54, 1.807) is 13.4 Å². The molecular formula is C19H27IN4O3. The molecule has 1 aromatic heterocycles. The molecule has 0 radical (unpaired) electrons. The molecule has 0 aliphatic carbocycles. The van der Waals surface area contributed by atoms with Gasteiger partial charge in [-0.15, -0.1) is 24.0 Å². The van der Waals surface area contributed by atoms with Gasteiger partial charge in [-0.05, 0) is 36.8 Å². The second-order valence-electron chi connectivity index (χ2n) is 5.67. The smallest absolute Gasteiger partial charge is 0.221 e. The standard InChI is InChI=1S/C19H26N4O3.HI/c1-4-20-19(21-10-9-16-6-5-11-26-16)22-13-15-7-8-18(25-3)17(12-15)23-14(2)24;/h5-8,11-12H,4,9-10,13H2,1-3H3,(H,23,24)(H2,20,21,22);1H. The van der Waals surface area contributed by atoms with Gasteiger partial charge in [0.25, 0.3) is 0 Å². The van der Waals surface area contributed by atoms with Crippen LogP contribution in [0.25, 0.3) is 0 Å². The lowest BCUT2D eigenvalue weighted by Crippen LogP contribution is -2.38. The number of nitrogens with one attached hydrogen (secondary N) is 3. The number of rotatable bonds is 8. The molecule has 2 aromatic rings. The van der Waals surface area contributed by atoms with Crippen LogP contribution >= 0.6 is 24.0 Å². The monoisotopic (exact) mass is 486 g/mol. The fourth-order valence-corrected chi connectivity index (χ4v) is 2.41. The topological polar surface area (TPSA) is 87.9 Å². The summed E-state index contributed by atoms with van der Waals surface area (Å²) in [6.45, 7) is 5.46. The first-order valence-corrected chi connectivity index (χ1v) is 8.61. The van der Waals surface area contributed by atoms with Crippen LogP contribution in [0.2, 0.25) is 0 Å². The number of carbonyl (C=O) groups excluding carboxylic acids is 1. The van der Waals surface area contributed by atoms with Crippen molar-refractivity contribution in [2.45, 2.75) is 26.8 Å². The number of anilines is 1. The maximum absolute atomic E-state index is 11.3. The Morgan fingerprint density at radius 3 is 2.70 bits per heavy atom. The lowest BCUT2D eigenvalue weighted by Gasteiger charge is -2.12. The number of carbonyl (C=O) groups is 1. The Morgan fingerprint density at radius 1 is 1.26 bits per heavy atom. The van der Waals surface area contributed by atoms with E-state index < -0.39 is 0 Å². The zero-order chi connectivity index (χ0) is 18.8. The fourth-order valence-electron chi connectivity index (χ4n) is 2.41. The molecule has 0 aliphatic heterocycles. The van der Waals surface area contributed by atoms with Crippen molar-refractivity contribution >= 4 is 41.5 Å². The maximum Gasteiger partial charge on any atom is 0.221 e. The molecule has 1 amide bonds. The number of hydrogen-bond acceptors (Lipinski definition) is 4. The first kappa shape index (κ1) is 22.8. The van der Waals surface area contributed by atoms with Gasteiger partial charge in [-0.1, -0.05) is 6.07 Å². The number of aliphatic imine (C=N–C) groups is 1. The molecule has 148 valence electrons.